The van der Waals surface area contributed by atoms with Gasteiger partial charge in [-0.15, -0.1) is 0 Å². The fraction of sp³-hybridized carbons (Fsp3) is 0.500. The Morgan fingerprint density at radius 2 is 2.24 bits per heavy atom. The van der Waals surface area contributed by atoms with E-state index in [1.807, 2.05) is 23.9 Å². The van der Waals surface area contributed by atoms with Crippen molar-refractivity contribution in [2.45, 2.75) is 19.5 Å². The second kappa shape index (κ2) is 7.13. The Morgan fingerprint density at radius 3 is 2.82 bits per heavy atom. The van der Waals surface area contributed by atoms with Gasteiger partial charge in [0.1, 0.15) is 0 Å². The number of phenols is 1. The first-order chi connectivity index (χ1) is 8.08. The van der Waals surface area contributed by atoms with Gasteiger partial charge in [-0.2, -0.15) is 11.8 Å². The van der Waals surface area contributed by atoms with Crippen LogP contribution in [0.2, 0.25) is 0 Å². The third-order valence-electron chi connectivity index (χ3n) is 2.38. The molecule has 0 aromatic heterocycles. The Morgan fingerprint density at radius 1 is 1.53 bits per heavy atom. The third-order valence-corrected chi connectivity index (χ3v) is 3.82. The Hall–Kier alpha value is -0.390. The average molecular weight is 320 g/mol. The Kier molecular flexibility index (Phi) is 6.16. The van der Waals surface area contributed by atoms with E-state index < -0.39 is 0 Å². The lowest BCUT2D eigenvalue weighted by molar-refractivity contribution is 0.371. The van der Waals surface area contributed by atoms with Gasteiger partial charge in [-0.3, -0.25) is 0 Å². The predicted molar refractivity (Wildman–Crippen MR) is 77.0 cm³/mol. The van der Waals surface area contributed by atoms with E-state index >= 15 is 0 Å². The average Bonchev–Trinajstić information content (AvgIpc) is 2.31. The minimum absolute atomic E-state index is 0.147. The number of hydrogen-bond acceptors (Lipinski definition) is 4. The molecule has 1 aromatic carbocycles. The first-order valence-corrected chi connectivity index (χ1v) is 7.54. The van der Waals surface area contributed by atoms with Crippen LogP contribution in [-0.2, 0) is 6.54 Å². The van der Waals surface area contributed by atoms with E-state index in [4.69, 9.17) is 4.74 Å². The van der Waals surface area contributed by atoms with Gasteiger partial charge in [-0.25, -0.2) is 0 Å². The summed E-state index contributed by atoms with van der Waals surface area (Å²) in [6, 6.07) is 4.21. The number of halogens is 1. The molecule has 0 saturated carbocycles. The number of rotatable bonds is 6. The molecule has 2 N–H and O–H groups in total. The summed E-state index contributed by atoms with van der Waals surface area (Å²) in [6.07, 6.45) is 2.10. The molecule has 1 unspecified atom stereocenters. The number of phenolic OH excluding ortho intramolecular Hbond substituents is 1. The normalized spacial score (nSPS) is 12.5. The van der Waals surface area contributed by atoms with E-state index in [0.29, 0.717) is 16.3 Å². The van der Waals surface area contributed by atoms with Crippen LogP contribution in [0.15, 0.2) is 16.6 Å². The first-order valence-electron chi connectivity index (χ1n) is 5.36. The van der Waals surface area contributed by atoms with E-state index in [1.54, 1.807) is 7.11 Å². The van der Waals surface area contributed by atoms with Crippen LogP contribution in [0.5, 0.6) is 11.5 Å². The molecule has 0 fully saturated rings. The highest BCUT2D eigenvalue weighted by molar-refractivity contribution is 9.10. The number of hydrogen-bond donors (Lipinski definition) is 2. The molecule has 0 bridgehead atoms. The minimum atomic E-state index is 0.147. The number of benzene rings is 1. The van der Waals surface area contributed by atoms with E-state index in [1.165, 1.54) is 0 Å². The smallest absolute Gasteiger partial charge is 0.172 e. The van der Waals surface area contributed by atoms with Crippen molar-refractivity contribution in [2.75, 3.05) is 19.1 Å². The van der Waals surface area contributed by atoms with Gasteiger partial charge in [-0.05, 0) is 46.8 Å². The number of methoxy groups -OCH3 is 1. The third kappa shape index (κ3) is 4.41. The zero-order valence-corrected chi connectivity index (χ0v) is 12.7. The van der Waals surface area contributed by atoms with Crippen LogP contribution in [0.1, 0.15) is 12.5 Å². The molecular weight excluding hydrogens is 302 g/mol. The van der Waals surface area contributed by atoms with Crippen molar-refractivity contribution in [2.24, 2.45) is 0 Å². The molecule has 0 saturated heterocycles. The van der Waals surface area contributed by atoms with E-state index in [9.17, 15) is 5.11 Å². The largest absolute Gasteiger partial charge is 0.503 e. The van der Waals surface area contributed by atoms with Crippen molar-refractivity contribution in [3.05, 3.63) is 22.2 Å². The maximum atomic E-state index is 9.69. The number of aromatic hydroxyl groups is 1. The quantitative estimate of drug-likeness (QED) is 0.845. The summed E-state index contributed by atoms with van der Waals surface area (Å²) < 4.78 is 5.77. The van der Waals surface area contributed by atoms with Gasteiger partial charge in [0.15, 0.2) is 11.5 Å². The SMILES string of the molecule is COc1cc(CNC(C)CSC)cc(Br)c1O. The van der Waals surface area contributed by atoms with Crippen molar-refractivity contribution < 1.29 is 9.84 Å². The maximum Gasteiger partial charge on any atom is 0.172 e. The van der Waals surface area contributed by atoms with Crippen molar-refractivity contribution in [1.82, 2.24) is 5.32 Å². The molecule has 17 heavy (non-hydrogen) atoms. The molecule has 0 spiro atoms. The fourth-order valence-electron chi connectivity index (χ4n) is 1.49. The van der Waals surface area contributed by atoms with Gasteiger partial charge in [0.25, 0.3) is 0 Å². The number of ether oxygens (including phenoxy) is 1. The summed E-state index contributed by atoms with van der Waals surface area (Å²) in [5.41, 5.74) is 1.08. The van der Waals surface area contributed by atoms with Crippen LogP contribution in [0.3, 0.4) is 0 Å². The lowest BCUT2D eigenvalue weighted by Crippen LogP contribution is -2.27. The van der Waals surface area contributed by atoms with Crippen LogP contribution in [-0.4, -0.2) is 30.3 Å². The molecular formula is C12H18BrNO2S. The molecule has 3 nitrogen and oxygen atoms in total. The van der Waals surface area contributed by atoms with Crippen molar-refractivity contribution in [1.29, 1.82) is 0 Å². The van der Waals surface area contributed by atoms with Gasteiger partial charge in [0.2, 0.25) is 0 Å². The molecule has 5 heteroatoms. The molecule has 0 radical (unpaired) electrons. The van der Waals surface area contributed by atoms with E-state index in [2.05, 4.69) is 34.4 Å². The molecule has 1 rings (SSSR count). The molecule has 96 valence electrons. The van der Waals surface area contributed by atoms with Gasteiger partial charge in [0.05, 0.1) is 11.6 Å². The standard InChI is InChI=1S/C12H18BrNO2S/c1-8(7-17-3)14-6-9-4-10(13)12(15)11(5-9)16-2/h4-5,8,14-15H,6-7H2,1-3H3. The summed E-state index contributed by atoms with van der Waals surface area (Å²) in [6.45, 7) is 2.92. The first kappa shape index (κ1) is 14.7. The molecule has 0 aliphatic rings. The van der Waals surface area contributed by atoms with Gasteiger partial charge >= 0.3 is 0 Å². The summed E-state index contributed by atoms with van der Waals surface area (Å²) in [4.78, 5) is 0. The van der Waals surface area contributed by atoms with Crippen LogP contribution in [0, 0.1) is 0 Å². The molecule has 1 aromatic rings. The Bertz CT molecular complexity index is 374. The summed E-state index contributed by atoms with van der Waals surface area (Å²) in [5, 5.41) is 13.1. The fourth-order valence-corrected chi connectivity index (χ4v) is 2.59. The zero-order valence-electron chi connectivity index (χ0n) is 10.3. The highest BCUT2D eigenvalue weighted by Gasteiger charge is 2.09. The maximum absolute atomic E-state index is 9.69. The monoisotopic (exact) mass is 319 g/mol. The zero-order chi connectivity index (χ0) is 12.8. The molecule has 0 heterocycles. The molecule has 0 aliphatic heterocycles. The predicted octanol–water partition coefficient (Wildman–Crippen LogP) is 3.00. The molecule has 0 amide bonds. The summed E-state index contributed by atoms with van der Waals surface area (Å²) in [5.74, 6) is 1.72. The van der Waals surface area contributed by atoms with E-state index in [-0.39, 0.29) is 5.75 Å². The van der Waals surface area contributed by atoms with Gasteiger partial charge in [-0.1, -0.05) is 0 Å². The Labute approximate surface area is 115 Å². The van der Waals surface area contributed by atoms with Crippen LogP contribution >= 0.6 is 27.7 Å². The molecule has 0 aliphatic carbocycles. The second-order valence-electron chi connectivity index (χ2n) is 3.87. The molecule has 1 atom stereocenters. The summed E-state index contributed by atoms with van der Waals surface area (Å²) in [7, 11) is 1.55. The Balaban J connectivity index is 2.68. The van der Waals surface area contributed by atoms with E-state index in [0.717, 1.165) is 17.9 Å². The van der Waals surface area contributed by atoms with Crippen molar-refractivity contribution in [3.63, 3.8) is 0 Å². The van der Waals surface area contributed by atoms with Crippen molar-refractivity contribution >= 4 is 27.7 Å². The van der Waals surface area contributed by atoms with Gasteiger partial charge < -0.3 is 15.2 Å². The number of thioether (sulfide) groups is 1. The van der Waals surface area contributed by atoms with Crippen molar-refractivity contribution in [3.8, 4) is 11.5 Å². The summed E-state index contributed by atoms with van der Waals surface area (Å²) >= 11 is 5.14. The van der Waals surface area contributed by atoms with Crippen LogP contribution in [0.4, 0.5) is 0 Å². The highest BCUT2D eigenvalue weighted by atomic mass is 79.9. The lowest BCUT2D eigenvalue weighted by atomic mass is 10.2. The van der Waals surface area contributed by atoms with Crippen LogP contribution in [0.25, 0.3) is 0 Å². The lowest BCUT2D eigenvalue weighted by Gasteiger charge is -2.14. The van der Waals surface area contributed by atoms with Crippen LogP contribution < -0.4 is 10.1 Å². The topological polar surface area (TPSA) is 41.5 Å². The number of nitrogens with one attached hydrogen (secondary N) is 1. The second-order valence-corrected chi connectivity index (χ2v) is 5.63. The van der Waals surface area contributed by atoms with Gasteiger partial charge in [0, 0.05) is 18.3 Å². The highest BCUT2D eigenvalue weighted by Crippen LogP contribution is 2.35. The minimum Gasteiger partial charge on any atom is -0.503 e.